The van der Waals surface area contributed by atoms with Crippen molar-refractivity contribution in [3.8, 4) is 11.5 Å². The molecule has 20 heavy (non-hydrogen) atoms. The third kappa shape index (κ3) is 3.11. The van der Waals surface area contributed by atoms with Gasteiger partial charge in [-0.15, -0.1) is 0 Å². The second-order valence-corrected chi connectivity index (χ2v) is 3.84. The molecule has 0 fully saturated rings. The van der Waals surface area contributed by atoms with E-state index in [1.807, 2.05) is 0 Å². The number of hydrogen-bond donors (Lipinski definition) is 1. The Morgan fingerprint density at radius 1 is 1.15 bits per heavy atom. The highest BCUT2D eigenvalue weighted by Gasteiger charge is 2.13. The molecule has 0 bridgehead atoms. The average molecular weight is 273 g/mol. The van der Waals surface area contributed by atoms with E-state index in [-0.39, 0.29) is 22.6 Å². The van der Waals surface area contributed by atoms with Crippen LogP contribution < -0.4 is 4.74 Å². The summed E-state index contributed by atoms with van der Waals surface area (Å²) in [5.74, 6) is -1.44. The summed E-state index contributed by atoms with van der Waals surface area (Å²) in [6.45, 7) is 0. The summed E-state index contributed by atoms with van der Waals surface area (Å²) in [7, 11) is 1.22. The van der Waals surface area contributed by atoms with Crippen molar-refractivity contribution < 1.29 is 24.2 Å². The molecule has 0 saturated heterocycles. The first-order valence-corrected chi connectivity index (χ1v) is 5.64. The molecule has 102 valence electrons. The largest absolute Gasteiger partial charge is 0.508 e. The maximum absolute atomic E-state index is 11.8. The van der Waals surface area contributed by atoms with Gasteiger partial charge in [0.15, 0.2) is 0 Å². The van der Waals surface area contributed by atoms with E-state index in [2.05, 4.69) is 9.72 Å². The number of rotatable bonds is 3. The predicted octanol–water partition coefficient (Wildman–Crippen LogP) is 1.79. The molecular formula is C14H11NO5. The van der Waals surface area contributed by atoms with Gasteiger partial charge in [-0.1, -0.05) is 0 Å². The lowest BCUT2D eigenvalue weighted by Crippen LogP contribution is -2.09. The maximum atomic E-state index is 11.8. The predicted molar refractivity (Wildman–Crippen MR) is 68.6 cm³/mol. The van der Waals surface area contributed by atoms with Crippen LogP contribution in [0.4, 0.5) is 0 Å². The number of esters is 2. The highest BCUT2D eigenvalue weighted by atomic mass is 16.5. The SMILES string of the molecule is COC(=O)c1cc(O)cc(OC(=O)c2cccnc2)c1. The van der Waals surface area contributed by atoms with Crippen LogP contribution in [0, 0.1) is 0 Å². The smallest absolute Gasteiger partial charge is 0.345 e. The van der Waals surface area contributed by atoms with Gasteiger partial charge in [-0.2, -0.15) is 0 Å². The molecule has 0 amide bonds. The van der Waals surface area contributed by atoms with Crippen molar-refractivity contribution in [2.75, 3.05) is 7.11 Å². The fourth-order valence-corrected chi connectivity index (χ4v) is 1.53. The van der Waals surface area contributed by atoms with Crippen LogP contribution in [-0.4, -0.2) is 29.1 Å². The molecule has 0 unspecified atom stereocenters. The Labute approximate surface area is 114 Å². The van der Waals surface area contributed by atoms with Gasteiger partial charge in [0.25, 0.3) is 0 Å². The van der Waals surface area contributed by atoms with Crippen molar-refractivity contribution in [2.45, 2.75) is 0 Å². The summed E-state index contributed by atoms with van der Waals surface area (Å²) in [4.78, 5) is 27.0. The minimum atomic E-state index is -0.639. The van der Waals surface area contributed by atoms with Crippen molar-refractivity contribution in [3.05, 3.63) is 53.9 Å². The third-order valence-corrected chi connectivity index (χ3v) is 2.42. The molecule has 6 nitrogen and oxygen atoms in total. The van der Waals surface area contributed by atoms with Crippen molar-refractivity contribution >= 4 is 11.9 Å². The summed E-state index contributed by atoms with van der Waals surface area (Å²) in [5.41, 5.74) is 0.344. The number of carbonyl (C=O) groups excluding carboxylic acids is 2. The number of methoxy groups -OCH3 is 1. The van der Waals surface area contributed by atoms with E-state index in [9.17, 15) is 14.7 Å². The minimum Gasteiger partial charge on any atom is -0.508 e. The van der Waals surface area contributed by atoms with Crippen LogP contribution in [0.5, 0.6) is 11.5 Å². The fraction of sp³-hybridized carbons (Fsp3) is 0.0714. The monoisotopic (exact) mass is 273 g/mol. The third-order valence-electron chi connectivity index (χ3n) is 2.42. The molecule has 2 aromatic rings. The molecule has 1 N–H and O–H groups in total. The summed E-state index contributed by atoms with van der Waals surface area (Å²) in [6, 6.07) is 6.88. The quantitative estimate of drug-likeness (QED) is 0.677. The van der Waals surface area contributed by atoms with Crippen molar-refractivity contribution in [3.63, 3.8) is 0 Å². The Morgan fingerprint density at radius 3 is 2.60 bits per heavy atom. The fourth-order valence-electron chi connectivity index (χ4n) is 1.53. The normalized spacial score (nSPS) is 9.85. The number of aromatic hydroxyl groups is 1. The van der Waals surface area contributed by atoms with E-state index >= 15 is 0 Å². The zero-order valence-electron chi connectivity index (χ0n) is 10.6. The first-order valence-electron chi connectivity index (χ1n) is 5.64. The number of hydrogen-bond acceptors (Lipinski definition) is 6. The lowest BCUT2D eigenvalue weighted by molar-refractivity contribution is 0.0597. The molecule has 0 aliphatic carbocycles. The maximum Gasteiger partial charge on any atom is 0.345 e. The molecular weight excluding hydrogens is 262 g/mol. The number of nitrogens with zero attached hydrogens (tertiary/aromatic N) is 1. The number of aromatic nitrogens is 1. The highest BCUT2D eigenvalue weighted by molar-refractivity contribution is 5.92. The Kier molecular flexibility index (Phi) is 3.95. The Hall–Kier alpha value is -2.89. The van der Waals surface area contributed by atoms with Crippen LogP contribution in [0.2, 0.25) is 0 Å². The number of pyridine rings is 1. The zero-order valence-corrected chi connectivity index (χ0v) is 10.6. The van der Waals surface area contributed by atoms with Crippen molar-refractivity contribution in [1.29, 1.82) is 0 Å². The first kappa shape index (κ1) is 13.5. The standard InChI is InChI=1S/C14H11NO5/c1-19-13(17)10-5-11(16)7-12(6-10)20-14(18)9-3-2-4-15-8-9/h2-8,16H,1H3. The Morgan fingerprint density at radius 2 is 1.95 bits per heavy atom. The zero-order chi connectivity index (χ0) is 14.5. The van der Waals surface area contributed by atoms with E-state index in [0.717, 1.165) is 0 Å². The van der Waals surface area contributed by atoms with E-state index in [4.69, 9.17) is 4.74 Å². The van der Waals surface area contributed by atoms with Gasteiger partial charge in [0.1, 0.15) is 11.5 Å². The summed E-state index contributed by atoms with van der Waals surface area (Å²) in [6.07, 6.45) is 2.88. The van der Waals surface area contributed by atoms with E-state index in [0.29, 0.717) is 0 Å². The van der Waals surface area contributed by atoms with Crippen LogP contribution in [0.25, 0.3) is 0 Å². The molecule has 2 rings (SSSR count). The molecule has 1 heterocycles. The first-order chi connectivity index (χ1) is 9.60. The Bertz CT molecular complexity index is 639. The molecule has 0 saturated carbocycles. The van der Waals surface area contributed by atoms with Crippen molar-refractivity contribution in [1.82, 2.24) is 4.98 Å². The van der Waals surface area contributed by atoms with Crippen LogP contribution in [0.1, 0.15) is 20.7 Å². The summed E-state index contributed by atoms with van der Waals surface area (Å²) < 4.78 is 9.61. The number of benzene rings is 1. The van der Waals surface area contributed by atoms with Crippen LogP contribution >= 0.6 is 0 Å². The molecule has 0 aliphatic rings. The van der Waals surface area contributed by atoms with E-state index < -0.39 is 11.9 Å². The molecule has 0 spiro atoms. The molecule has 6 heteroatoms. The van der Waals surface area contributed by atoms with Gasteiger partial charge in [0.2, 0.25) is 0 Å². The van der Waals surface area contributed by atoms with Gasteiger partial charge in [-0.3, -0.25) is 4.98 Å². The van der Waals surface area contributed by atoms with Gasteiger partial charge in [0.05, 0.1) is 18.2 Å². The Balaban J connectivity index is 2.23. The highest BCUT2D eigenvalue weighted by Crippen LogP contribution is 2.23. The molecule has 1 aromatic heterocycles. The van der Waals surface area contributed by atoms with Crippen LogP contribution in [-0.2, 0) is 4.74 Å². The lowest BCUT2D eigenvalue weighted by Gasteiger charge is -2.06. The summed E-state index contributed by atoms with van der Waals surface area (Å²) in [5, 5.41) is 9.51. The number of carbonyl (C=O) groups is 2. The molecule has 1 aromatic carbocycles. The topological polar surface area (TPSA) is 85.7 Å². The number of ether oxygens (including phenoxy) is 2. The van der Waals surface area contributed by atoms with Gasteiger partial charge >= 0.3 is 11.9 Å². The van der Waals surface area contributed by atoms with Gasteiger partial charge in [0, 0.05) is 18.5 Å². The second-order valence-electron chi connectivity index (χ2n) is 3.84. The van der Waals surface area contributed by atoms with Crippen molar-refractivity contribution in [2.24, 2.45) is 0 Å². The summed E-state index contributed by atoms with van der Waals surface area (Å²) >= 11 is 0. The second kappa shape index (κ2) is 5.83. The van der Waals surface area contributed by atoms with Crippen LogP contribution in [0.3, 0.4) is 0 Å². The number of phenolic OH excluding ortho intramolecular Hbond substituents is 1. The van der Waals surface area contributed by atoms with E-state index in [1.54, 1.807) is 12.1 Å². The minimum absolute atomic E-state index is 0.0410. The van der Waals surface area contributed by atoms with Gasteiger partial charge in [-0.25, -0.2) is 9.59 Å². The van der Waals surface area contributed by atoms with E-state index in [1.165, 1.54) is 37.7 Å². The lowest BCUT2D eigenvalue weighted by atomic mass is 10.2. The molecule has 0 radical (unpaired) electrons. The van der Waals surface area contributed by atoms with Gasteiger partial charge in [-0.05, 0) is 24.3 Å². The molecule has 0 aliphatic heterocycles. The van der Waals surface area contributed by atoms with Crippen LogP contribution in [0.15, 0.2) is 42.7 Å². The number of phenols is 1. The molecule has 0 atom stereocenters. The average Bonchev–Trinajstić information content (AvgIpc) is 2.46. The van der Waals surface area contributed by atoms with Gasteiger partial charge < -0.3 is 14.6 Å².